The first-order valence-electron chi connectivity index (χ1n) is 6.55. The summed E-state index contributed by atoms with van der Waals surface area (Å²) >= 11 is 0. The Labute approximate surface area is 117 Å². The molecule has 0 aliphatic heterocycles. The van der Waals surface area contributed by atoms with Gasteiger partial charge in [-0.2, -0.15) is 5.10 Å². The molecule has 0 radical (unpaired) electrons. The summed E-state index contributed by atoms with van der Waals surface area (Å²) in [4.78, 5) is 23.7. The molecule has 1 unspecified atom stereocenters. The number of hydrogen-bond donors (Lipinski definition) is 1. The van der Waals surface area contributed by atoms with Crippen LogP contribution in [-0.2, 0) is 11.2 Å². The lowest BCUT2D eigenvalue weighted by Crippen LogP contribution is -2.32. The van der Waals surface area contributed by atoms with E-state index < -0.39 is 6.04 Å². The first-order valence-corrected chi connectivity index (χ1v) is 6.55. The van der Waals surface area contributed by atoms with E-state index in [0.717, 1.165) is 11.1 Å². The van der Waals surface area contributed by atoms with Crippen LogP contribution < -0.4 is 10.9 Å². The van der Waals surface area contributed by atoms with Crippen molar-refractivity contribution in [1.82, 2.24) is 9.78 Å². The average Bonchev–Trinajstić information content (AvgIpc) is 2.48. The third-order valence-electron chi connectivity index (χ3n) is 3.12. The van der Waals surface area contributed by atoms with Crippen molar-refractivity contribution in [3.8, 4) is 0 Å². The molecule has 0 saturated carbocycles. The van der Waals surface area contributed by atoms with E-state index in [1.807, 2.05) is 24.3 Å². The molecule has 0 fully saturated rings. The summed E-state index contributed by atoms with van der Waals surface area (Å²) in [5.74, 6) is -0.268. The summed E-state index contributed by atoms with van der Waals surface area (Å²) in [6.07, 6.45) is 2.44. The standard InChI is InChI=1S/C15H17N3O2/c1-3-12-6-8-13(9-7-12)17-15(20)11(2)18-14(19)5-4-10-16-18/h4-11H,3H2,1-2H3,(H,17,20). The number of aryl methyl sites for hydroxylation is 1. The Morgan fingerprint density at radius 3 is 2.60 bits per heavy atom. The van der Waals surface area contributed by atoms with Crippen LogP contribution in [0.2, 0.25) is 0 Å². The highest BCUT2D eigenvalue weighted by atomic mass is 16.2. The monoisotopic (exact) mass is 271 g/mol. The average molecular weight is 271 g/mol. The highest BCUT2D eigenvalue weighted by Crippen LogP contribution is 2.12. The maximum Gasteiger partial charge on any atom is 0.267 e. The number of carbonyl (C=O) groups excluding carboxylic acids is 1. The molecule has 1 atom stereocenters. The zero-order valence-corrected chi connectivity index (χ0v) is 11.5. The van der Waals surface area contributed by atoms with Crippen LogP contribution >= 0.6 is 0 Å². The maximum absolute atomic E-state index is 12.1. The molecule has 2 aromatic rings. The number of rotatable bonds is 4. The molecule has 0 aliphatic carbocycles. The number of benzene rings is 1. The molecular weight excluding hydrogens is 254 g/mol. The molecule has 0 aliphatic rings. The second-order valence-corrected chi connectivity index (χ2v) is 4.52. The Balaban J connectivity index is 2.11. The lowest BCUT2D eigenvalue weighted by atomic mass is 10.1. The second-order valence-electron chi connectivity index (χ2n) is 4.52. The largest absolute Gasteiger partial charge is 0.324 e. The lowest BCUT2D eigenvalue weighted by molar-refractivity contribution is -0.119. The summed E-state index contributed by atoms with van der Waals surface area (Å²) in [5.41, 5.74) is 1.62. The van der Waals surface area contributed by atoms with Gasteiger partial charge in [0, 0.05) is 18.0 Å². The van der Waals surface area contributed by atoms with E-state index in [9.17, 15) is 9.59 Å². The van der Waals surface area contributed by atoms with Gasteiger partial charge in [-0.25, -0.2) is 4.68 Å². The van der Waals surface area contributed by atoms with E-state index in [0.29, 0.717) is 5.69 Å². The minimum absolute atomic E-state index is 0.268. The summed E-state index contributed by atoms with van der Waals surface area (Å²) < 4.78 is 1.16. The molecule has 20 heavy (non-hydrogen) atoms. The predicted molar refractivity (Wildman–Crippen MR) is 77.7 cm³/mol. The molecule has 1 amide bonds. The van der Waals surface area contributed by atoms with Gasteiger partial charge in [0.15, 0.2) is 0 Å². The second kappa shape index (κ2) is 6.14. The fourth-order valence-electron chi connectivity index (χ4n) is 1.84. The summed E-state index contributed by atoms with van der Waals surface area (Å²) in [7, 11) is 0. The van der Waals surface area contributed by atoms with Gasteiger partial charge < -0.3 is 5.32 Å². The van der Waals surface area contributed by atoms with Crippen molar-refractivity contribution in [2.75, 3.05) is 5.32 Å². The fraction of sp³-hybridized carbons (Fsp3) is 0.267. The predicted octanol–water partition coefficient (Wildman–Crippen LogP) is 2.01. The minimum atomic E-state index is -0.658. The molecule has 1 N–H and O–H groups in total. The van der Waals surface area contributed by atoms with Crippen molar-refractivity contribution < 1.29 is 4.79 Å². The van der Waals surface area contributed by atoms with E-state index in [1.165, 1.54) is 17.8 Å². The number of hydrogen-bond acceptors (Lipinski definition) is 3. The van der Waals surface area contributed by atoms with Crippen LogP contribution in [0.4, 0.5) is 5.69 Å². The number of anilines is 1. The third-order valence-corrected chi connectivity index (χ3v) is 3.12. The Kier molecular flexibility index (Phi) is 4.30. The molecule has 0 spiro atoms. The molecule has 0 bridgehead atoms. The zero-order chi connectivity index (χ0) is 14.5. The van der Waals surface area contributed by atoms with Crippen LogP contribution in [0, 0.1) is 0 Å². The first kappa shape index (κ1) is 14.0. The van der Waals surface area contributed by atoms with Crippen molar-refractivity contribution in [3.05, 3.63) is 58.5 Å². The zero-order valence-electron chi connectivity index (χ0n) is 11.5. The number of nitrogens with zero attached hydrogens (tertiary/aromatic N) is 2. The molecule has 1 aromatic carbocycles. The Morgan fingerprint density at radius 2 is 2.00 bits per heavy atom. The van der Waals surface area contributed by atoms with E-state index in [-0.39, 0.29) is 11.5 Å². The SMILES string of the molecule is CCc1ccc(NC(=O)C(C)n2ncccc2=O)cc1. The van der Waals surface area contributed by atoms with Gasteiger partial charge in [-0.3, -0.25) is 9.59 Å². The van der Waals surface area contributed by atoms with Crippen LogP contribution in [0.3, 0.4) is 0 Å². The Bertz CT molecular complexity index is 647. The Hall–Kier alpha value is -2.43. The molecule has 2 rings (SSSR count). The normalized spacial score (nSPS) is 11.9. The number of carbonyl (C=O) groups is 1. The van der Waals surface area contributed by atoms with Crippen LogP contribution in [0.5, 0.6) is 0 Å². The molecule has 5 nitrogen and oxygen atoms in total. The number of aromatic nitrogens is 2. The van der Waals surface area contributed by atoms with Crippen LogP contribution in [0.25, 0.3) is 0 Å². The minimum Gasteiger partial charge on any atom is -0.324 e. The van der Waals surface area contributed by atoms with Gasteiger partial charge in [-0.15, -0.1) is 0 Å². The number of amides is 1. The quantitative estimate of drug-likeness (QED) is 0.925. The highest BCUT2D eigenvalue weighted by Gasteiger charge is 2.16. The van der Waals surface area contributed by atoms with Crippen LogP contribution in [0.15, 0.2) is 47.4 Å². The van der Waals surface area contributed by atoms with E-state index >= 15 is 0 Å². The van der Waals surface area contributed by atoms with Gasteiger partial charge in [-0.05, 0) is 37.1 Å². The maximum atomic E-state index is 12.1. The van der Waals surface area contributed by atoms with Gasteiger partial charge in [-0.1, -0.05) is 19.1 Å². The molecular formula is C15H17N3O2. The van der Waals surface area contributed by atoms with E-state index in [2.05, 4.69) is 17.3 Å². The van der Waals surface area contributed by atoms with Crippen molar-refractivity contribution in [3.63, 3.8) is 0 Å². The molecule has 1 aromatic heterocycles. The Morgan fingerprint density at radius 1 is 1.30 bits per heavy atom. The van der Waals surface area contributed by atoms with Crippen molar-refractivity contribution >= 4 is 11.6 Å². The van der Waals surface area contributed by atoms with Crippen LogP contribution in [-0.4, -0.2) is 15.7 Å². The van der Waals surface area contributed by atoms with Gasteiger partial charge in [0.05, 0.1) is 0 Å². The lowest BCUT2D eigenvalue weighted by Gasteiger charge is -2.13. The summed E-state index contributed by atoms with van der Waals surface area (Å²) in [6.45, 7) is 3.72. The van der Waals surface area contributed by atoms with Gasteiger partial charge in [0.2, 0.25) is 5.91 Å². The molecule has 5 heteroatoms. The van der Waals surface area contributed by atoms with Gasteiger partial charge in [0.1, 0.15) is 6.04 Å². The van der Waals surface area contributed by atoms with Crippen molar-refractivity contribution in [2.45, 2.75) is 26.3 Å². The molecule has 104 valence electrons. The van der Waals surface area contributed by atoms with E-state index in [1.54, 1.807) is 13.0 Å². The molecule has 0 saturated heterocycles. The van der Waals surface area contributed by atoms with E-state index in [4.69, 9.17) is 0 Å². The van der Waals surface area contributed by atoms with Gasteiger partial charge in [0.25, 0.3) is 5.56 Å². The van der Waals surface area contributed by atoms with Crippen molar-refractivity contribution in [1.29, 1.82) is 0 Å². The molecule has 1 heterocycles. The highest BCUT2D eigenvalue weighted by molar-refractivity contribution is 5.93. The topological polar surface area (TPSA) is 64.0 Å². The fourth-order valence-corrected chi connectivity index (χ4v) is 1.84. The summed E-state index contributed by atoms with van der Waals surface area (Å²) in [5, 5.41) is 6.69. The van der Waals surface area contributed by atoms with Crippen LogP contribution in [0.1, 0.15) is 25.5 Å². The first-order chi connectivity index (χ1) is 9.61. The smallest absolute Gasteiger partial charge is 0.267 e. The number of nitrogens with one attached hydrogen (secondary N) is 1. The van der Waals surface area contributed by atoms with Gasteiger partial charge >= 0.3 is 0 Å². The van der Waals surface area contributed by atoms with Crippen molar-refractivity contribution in [2.24, 2.45) is 0 Å². The third kappa shape index (κ3) is 3.12. The summed E-state index contributed by atoms with van der Waals surface area (Å²) in [6, 6.07) is 9.91.